The highest BCUT2D eigenvalue weighted by molar-refractivity contribution is 7.13. The normalized spacial score (nSPS) is 24.0. The van der Waals surface area contributed by atoms with Gasteiger partial charge in [-0.15, -0.1) is 11.3 Å². The van der Waals surface area contributed by atoms with Crippen LogP contribution in [0.15, 0.2) is 0 Å². The molecule has 2 saturated heterocycles. The van der Waals surface area contributed by atoms with Gasteiger partial charge in [0.2, 0.25) is 5.91 Å². The molecule has 1 aromatic rings. The Bertz CT molecular complexity index is 628. The van der Waals surface area contributed by atoms with Crippen LogP contribution in [0.25, 0.3) is 0 Å². The van der Waals surface area contributed by atoms with Crippen molar-refractivity contribution in [1.29, 1.82) is 0 Å². The number of nitrogens with zero attached hydrogens (tertiary/aromatic N) is 4. The number of likely N-dealkylation sites (tertiary alicyclic amines) is 2. The molecule has 2 fully saturated rings. The predicted molar refractivity (Wildman–Crippen MR) is 89.7 cm³/mol. The van der Waals surface area contributed by atoms with E-state index in [2.05, 4.69) is 9.88 Å². The van der Waals surface area contributed by atoms with Crippen molar-refractivity contribution in [3.05, 3.63) is 15.6 Å². The summed E-state index contributed by atoms with van der Waals surface area (Å²) in [6, 6.07) is 0.208. The molecule has 126 valence electrons. The van der Waals surface area contributed by atoms with E-state index in [1.165, 1.54) is 11.3 Å². The third-order valence-electron chi connectivity index (χ3n) is 4.76. The topological polar surface area (TPSA) is 56.8 Å². The van der Waals surface area contributed by atoms with Gasteiger partial charge in [-0.3, -0.25) is 9.59 Å². The Morgan fingerprint density at radius 3 is 2.70 bits per heavy atom. The number of hydrogen-bond acceptors (Lipinski definition) is 5. The van der Waals surface area contributed by atoms with Gasteiger partial charge in [-0.1, -0.05) is 0 Å². The average molecular weight is 336 g/mol. The summed E-state index contributed by atoms with van der Waals surface area (Å²) in [4.78, 5) is 36.2. The quantitative estimate of drug-likeness (QED) is 0.827. The second-order valence-corrected chi connectivity index (χ2v) is 7.87. The number of amides is 2. The van der Waals surface area contributed by atoms with Gasteiger partial charge in [-0.2, -0.15) is 0 Å². The van der Waals surface area contributed by atoms with E-state index in [-0.39, 0.29) is 23.9 Å². The molecular formula is C16H24N4O2S. The first-order valence-electron chi connectivity index (χ1n) is 8.07. The van der Waals surface area contributed by atoms with Crippen molar-refractivity contribution in [2.45, 2.75) is 38.8 Å². The minimum Gasteiger partial charge on any atom is -0.336 e. The van der Waals surface area contributed by atoms with Crippen molar-refractivity contribution in [2.24, 2.45) is 0 Å². The molecule has 0 saturated carbocycles. The Labute approximate surface area is 141 Å². The number of carbonyl (C=O) groups is 2. The molecular weight excluding hydrogens is 312 g/mol. The summed E-state index contributed by atoms with van der Waals surface area (Å²) in [5, 5.41) is 0.914. The zero-order chi connectivity index (χ0) is 16.7. The molecule has 6 nitrogen and oxygen atoms in total. The van der Waals surface area contributed by atoms with E-state index in [0.717, 1.165) is 41.6 Å². The SMILES string of the molecule is Cc1nc(C)c(C(=O)N2CC[C@H]3[C@@H]2CC(=O)N3CCN(C)C)s1. The van der Waals surface area contributed by atoms with Crippen LogP contribution in [0.3, 0.4) is 0 Å². The second-order valence-electron chi connectivity index (χ2n) is 6.66. The van der Waals surface area contributed by atoms with Crippen LogP contribution in [0.1, 0.15) is 33.2 Å². The van der Waals surface area contributed by atoms with Gasteiger partial charge in [0, 0.05) is 26.1 Å². The fourth-order valence-electron chi connectivity index (χ4n) is 3.64. The molecule has 0 radical (unpaired) electrons. The maximum Gasteiger partial charge on any atom is 0.266 e. The minimum absolute atomic E-state index is 0.0268. The summed E-state index contributed by atoms with van der Waals surface area (Å²) >= 11 is 1.45. The molecule has 0 aromatic carbocycles. The van der Waals surface area contributed by atoms with Gasteiger partial charge in [0.1, 0.15) is 4.88 Å². The van der Waals surface area contributed by atoms with Crippen LogP contribution >= 0.6 is 11.3 Å². The van der Waals surface area contributed by atoms with Gasteiger partial charge in [-0.25, -0.2) is 4.98 Å². The summed E-state index contributed by atoms with van der Waals surface area (Å²) in [6.07, 6.45) is 1.34. The molecule has 0 unspecified atom stereocenters. The standard InChI is InChI=1S/C16H24N4O2S/c1-10-15(23-11(2)17-10)16(22)20-6-5-12-13(20)9-14(21)19(12)8-7-18(3)4/h12-13H,5-9H2,1-4H3/t12-,13-/m0/s1. The maximum atomic E-state index is 12.9. The van der Waals surface area contributed by atoms with Crippen LogP contribution in [0, 0.1) is 13.8 Å². The van der Waals surface area contributed by atoms with Crippen molar-refractivity contribution in [2.75, 3.05) is 33.7 Å². The third kappa shape index (κ3) is 2.99. The number of aryl methyl sites for hydroxylation is 2. The first kappa shape index (κ1) is 16.4. The van der Waals surface area contributed by atoms with Gasteiger partial charge < -0.3 is 14.7 Å². The van der Waals surface area contributed by atoms with E-state index < -0.39 is 0 Å². The lowest BCUT2D eigenvalue weighted by atomic mass is 10.1. The monoisotopic (exact) mass is 336 g/mol. The summed E-state index contributed by atoms with van der Waals surface area (Å²) in [7, 11) is 4.02. The molecule has 23 heavy (non-hydrogen) atoms. The average Bonchev–Trinajstić information content (AvgIpc) is 3.10. The largest absolute Gasteiger partial charge is 0.336 e. The second kappa shape index (κ2) is 6.20. The first-order chi connectivity index (χ1) is 10.9. The molecule has 3 rings (SSSR count). The van der Waals surface area contributed by atoms with E-state index >= 15 is 0 Å². The maximum absolute atomic E-state index is 12.9. The van der Waals surface area contributed by atoms with Crippen molar-refractivity contribution >= 4 is 23.2 Å². The fourth-order valence-corrected chi connectivity index (χ4v) is 4.51. The Kier molecular flexibility index (Phi) is 4.42. The van der Waals surface area contributed by atoms with E-state index in [0.29, 0.717) is 6.42 Å². The van der Waals surface area contributed by atoms with Crippen LogP contribution < -0.4 is 0 Å². The van der Waals surface area contributed by atoms with Crippen LogP contribution in [0.5, 0.6) is 0 Å². The third-order valence-corrected chi connectivity index (χ3v) is 5.82. The van der Waals surface area contributed by atoms with Crippen molar-refractivity contribution in [3.8, 4) is 0 Å². The van der Waals surface area contributed by atoms with E-state index in [1.807, 2.05) is 37.7 Å². The highest BCUT2D eigenvalue weighted by atomic mass is 32.1. The van der Waals surface area contributed by atoms with Crippen molar-refractivity contribution < 1.29 is 9.59 Å². The Morgan fingerprint density at radius 2 is 2.09 bits per heavy atom. The number of rotatable bonds is 4. The zero-order valence-electron chi connectivity index (χ0n) is 14.2. The van der Waals surface area contributed by atoms with E-state index in [1.54, 1.807) is 0 Å². The van der Waals surface area contributed by atoms with E-state index in [4.69, 9.17) is 0 Å². The van der Waals surface area contributed by atoms with Crippen molar-refractivity contribution in [1.82, 2.24) is 19.7 Å². The predicted octanol–water partition coefficient (Wildman–Crippen LogP) is 1.14. The molecule has 7 heteroatoms. The van der Waals surface area contributed by atoms with Gasteiger partial charge >= 0.3 is 0 Å². The molecule has 2 aliphatic rings. The fraction of sp³-hybridized carbons (Fsp3) is 0.688. The molecule has 0 spiro atoms. The highest BCUT2D eigenvalue weighted by Crippen LogP contribution is 2.34. The summed E-state index contributed by atoms with van der Waals surface area (Å²) in [6.45, 7) is 6.14. The summed E-state index contributed by atoms with van der Waals surface area (Å²) in [5.74, 6) is 0.222. The van der Waals surface area contributed by atoms with Gasteiger partial charge in [0.15, 0.2) is 0 Å². The van der Waals surface area contributed by atoms with E-state index in [9.17, 15) is 9.59 Å². The van der Waals surface area contributed by atoms with Crippen molar-refractivity contribution in [3.63, 3.8) is 0 Å². The summed E-state index contributed by atoms with van der Waals surface area (Å²) in [5.41, 5.74) is 0.801. The number of carbonyl (C=O) groups excluding carboxylic acids is 2. The minimum atomic E-state index is 0.0268. The lowest BCUT2D eigenvalue weighted by Gasteiger charge is -2.26. The molecule has 2 aliphatic heterocycles. The van der Waals surface area contributed by atoms with Gasteiger partial charge in [0.05, 0.1) is 22.8 Å². The lowest BCUT2D eigenvalue weighted by molar-refractivity contribution is -0.129. The molecule has 0 N–H and O–H groups in total. The molecule has 3 heterocycles. The van der Waals surface area contributed by atoms with Gasteiger partial charge in [-0.05, 0) is 34.4 Å². The first-order valence-corrected chi connectivity index (χ1v) is 8.89. The lowest BCUT2D eigenvalue weighted by Crippen LogP contribution is -2.41. The zero-order valence-corrected chi connectivity index (χ0v) is 15.0. The molecule has 2 atom stereocenters. The van der Waals surface area contributed by atoms with Crippen LogP contribution in [-0.2, 0) is 4.79 Å². The van der Waals surface area contributed by atoms with Crippen LogP contribution in [-0.4, -0.2) is 77.3 Å². The highest BCUT2D eigenvalue weighted by Gasteiger charge is 2.48. The Balaban J connectivity index is 1.74. The number of likely N-dealkylation sites (N-methyl/N-ethyl adjacent to an activating group) is 1. The Morgan fingerprint density at radius 1 is 1.35 bits per heavy atom. The van der Waals surface area contributed by atoms with Gasteiger partial charge in [0.25, 0.3) is 5.91 Å². The molecule has 2 amide bonds. The molecule has 1 aromatic heterocycles. The smallest absolute Gasteiger partial charge is 0.266 e. The molecule has 0 aliphatic carbocycles. The van der Waals surface area contributed by atoms with Crippen LogP contribution in [0.4, 0.5) is 0 Å². The number of fused-ring (bicyclic) bond motifs is 1. The molecule has 0 bridgehead atoms. The Hall–Kier alpha value is -1.47. The number of hydrogen-bond donors (Lipinski definition) is 0. The van der Waals surface area contributed by atoms with Crippen LogP contribution in [0.2, 0.25) is 0 Å². The number of aromatic nitrogens is 1. The number of thiazole rings is 1. The summed E-state index contributed by atoms with van der Waals surface area (Å²) < 4.78 is 0.